The van der Waals surface area contributed by atoms with Crippen LogP contribution in [0.2, 0.25) is 0 Å². The van der Waals surface area contributed by atoms with Gasteiger partial charge in [-0.25, -0.2) is 0 Å². The molecule has 0 spiro atoms. The van der Waals surface area contributed by atoms with Crippen LogP contribution in [0.1, 0.15) is 26.7 Å². The van der Waals surface area contributed by atoms with Crippen LogP contribution in [0.5, 0.6) is 0 Å². The molecule has 1 aliphatic rings. The van der Waals surface area contributed by atoms with E-state index in [1.807, 2.05) is 0 Å². The summed E-state index contributed by atoms with van der Waals surface area (Å²) in [6.45, 7) is 8.92. The second-order valence-electron chi connectivity index (χ2n) is 5.02. The molecule has 0 aromatic carbocycles. The van der Waals surface area contributed by atoms with Gasteiger partial charge in [0.2, 0.25) is 0 Å². The molecule has 1 heterocycles. The van der Waals surface area contributed by atoms with Gasteiger partial charge in [0.1, 0.15) is 0 Å². The zero-order valence-corrected chi connectivity index (χ0v) is 10.7. The van der Waals surface area contributed by atoms with Gasteiger partial charge in [-0.2, -0.15) is 0 Å². The maximum atomic E-state index is 11.3. The molecule has 0 aromatic heterocycles. The van der Waals surface area contributed by atoms with Crippen LogP contribution >= 0.6 is 0 Å². The van der Waals surface area contributed by atoms with E-state index in [4.69, 9.17) is 4.74 Å². The predicted octanol–water partition coefficient (Wildman–Crippen LogP) is 0.871. The van der Waals surface area contributed by atoms with Gasteiger partial charge in [-0.3, -0.25) is 9.69 Å². The molecule has 4 heteroatoms. The molecule has 94 valence electrons. The molecule has 1 fully saturated rings. The van der Waals surface area contributed by atoms with E-state index in [2.05, 4.69) is 24.1 Å². The highest BCUT2D eigenvalue weighted by Crippen LogP contribution is 2.25. The summed E-state index contributed by atoms with van der Waals surface area (Å²) in [5.74, 6) is -0.136. The van der Waals surface area contributed by atoms with Crippen molar-refractivity contribution in [3.05, 3.63) is 0 Å². The second-order valence-corrected chi connectivity index (χ2v) is 5.02. The fourth-order valence-corrected chi connectivity index (χ4v) is 2.32. The lowest BCUT2D eigenvalue weighted by Gasteiger charge is -2.31. The lowest BCUT2D eigenvalue weighted by molar-refractivity contribution is -0.142. The molecule has 4 nitrogen and oxygen atoms in total. The minimum atomic E-state index is -0.136. The molecule has 1 unspecified atom stereocenters. The van der Waals surface area contributed by atoms with E-state index in [1.165, 1.54) is 13.5 Å². The van der Waals surface area contributed by atoms with E-state index < -0.39 is 0 Å². The maximum Gasteiger partial charge on any atom is 0.319 e. The van der Waals surface area contributed by atoms with Gasteiger partial charge in [0.25, 0.3) is 0 Å². The highest BCUT2D eigenvalue weighted by molar-refractivity contribution is 5.71. The Morgan fingerprint density at radius 2 is 2.31 bits per heavy atom. The molecule has 1 atom stereocenters. The van der Waals surface area contributed by atoms with Crippen LogP contribution in [0.4, 0.5) is 0 Å². The number of carbonyl (C=O) groups excluding carboxylic acids is 1. The third kappa shape index (κ3) is 4.10. The van der Waals surface area contributed by atoms with Crippen LogP contribution in [0.15, 0.2) is 0 Å². The molecule has 0 saturated carbocycles. The van der Waals surface area contributed by atoms with Crippen LogP contribution in [-0.4, -0.2) is 50.7 Å². The normalized spacial score (nSPS) is 25.0. The standard InChI is InChI=1S/C12H24N2O2/c1-4-7-14(8-11(15)16-3)10-12(2)5-6-13-9-12/h13H,4-10H2,1-3H3. The van der Waals surface area contributed by atoms with E-state index >= 15 is 0 Å². The highest BCUT2D eigenvalue weighted by Gasteiger charge is 2.30. The van der Waals surface area contributed by atoms with Crippen LogP contribution in [0.25, 0.3) is 0 Å². The summed E-state index contributed by atoms with van der Waals surface area (Å²) in [5.41, 5.74) is 0.309. The zero-order chi connectivity index (χ0) is 12.0. The minimum Gasteiger partial charge on any atom is -0.468 e. The van der Waals surface area contributed by atoms with Crippen molar-refractivity contribution in [1.82, 2.24) is 10.2 Å². The van der Waals surface area contributed by atoms with Gasteiger partial charge in [-0.1, -0.05) is 13.8 Å². The van der Waals surface area contributed by atoms with Crippen molar-refractivity contribution >= 4 is 5.97 Å². The summed E-state index contributed by atoms with van der Waals surface area (Å²) in [6.07, 6.45) is 2.26. The summed E-state index contributed by atoms with van der Waals surface area (Å²) in [7, 11) is 1.45. The first-order valence-electron chi connectivity index (χ1n) is 6.09. The number of nitrogens with zero attached hydrogens (tertiary/aromatic N) is 1. The summed E-state index contributed by atoms with van der Waals surface area (Å²) in [4.78, 5) is 13.5. The monoisotopic (exact) mass is 228 g/mol. The van der Waals surface area contributed by atoms with Crippen molar-refractivity contribution in [2.45, 2.75) is 26.7 Å². The number of esters is 1. The summed E-state index contributed by atoms with van der Waals surface area (Å²) in [5, 5.41) is 3.38. The number of rotatable bonds is 6. The van der Waals surface area contributed by atoms with Gasteiger partial charge in [-0.05, 0) is 31.3 Å². The van der Waals surface area contributed by atoms with E-state index in [0.717, 1.165) is 32.6 Å². The average Bonchev–Trinajstić information content (AvgIpc) is 2.65. The smallest absolute Gasteiger partial charge is 0.319 e. The third-order valence-corrected chi connectivity index (χ3v) is 3.18. The van der Waals surface area contributed by atoms with Gasteiger partial charge >= 0.3 is 5.97 Å². The Hall–Kier alpha value is -0.610. The number of nitrogens with one attached hydrogen (secondary N) is 1. The number of carbonyl (C=O) groups is 1. The Morgan fingerprint density at radius 1 is 1.56 bits per heavy atom. The Balaban J connectivity index is 2.46. The molecule has 0 aliphatic carbocycles. The average molecular weight is 228 g/mol. The quantitative estimate of drug-likeness (QED) is 0.685. The lowest BCUT2D eigenvalue weighted by atomic mass is 9.89. The van der Waals surface area contributed by atoms with Crippen molar-refractivity contribution in [3.8, 4) is 0 Å². The topological polar surface area (TPSA) is 41.6 Å². The molecule has 1 rings (SSSR count). The first-order chi connectivity index (χ1) is 7.59. The Bertz CT molecular complexity index is 225. The molecular formula is C12H24N2O2. The van der Waals surface area contributed by atoms with Crippen molar-refractivity contribution in [2.75, 3.05) is 39.8 Å². The molecule has 0 bridgehead atoms. The number of hydrogen-bond donors (Lipinski definition) is 1. The fraction of sp³-hybridized carbons (Fsp3) is 0.917. The predicted molar refractivity (Wildman–Crippen MR) is 64.3 cm³/mol. The van der Waals surface area contributed by atoms with Crippen molar-refractivity contribution < 1.29 is 9.53 Å². The summed E-state index contributed by atoms with van der Waals surface area (Å²) in [6, 6.07) is 0. The molecular weight excluding hydrogens is 204 g/mol. The van der Waals surface area contributed by atoms with Crippen LogP contribution < -0.4 is 5.32 Å². The van der Waals surface area contributed by atoms with Gasteiger partial charge in [0.15, 0.2) is 0 Å². The third-order valence-electron chi connectivity index (χ3n) is 3.18. The molecule has 0 aromatic rings. The van der Waals surface area contributed by atoms with E-state index in [0.29, 0.717) is 12.0 Å². The van der Waals surface area contributed by atoms with E-state index in [-0.39, 0.29) is 5.97 Å². The molecule has 1 aliphatic heterocycles. The van der Waals surface area contributed by atoms with Gasteiger partial charge in [-0.15, -0.1) is 0 Å². The second kappa shape index (κ2) is 6.21. The summed E-state index contributed by atoms with van der Waals surface area (Å²) < 4.78 is 4.73. The molecule has 0 amide bonds. The lowest BCUT2D eigenvalue weighted by Crippen LogP contribution is -2.40. The minimum absolute atomic E-state index is 0.136. The van der Waals surface area contributed by atoms with E-state index in [1.54, 1.807) is 0 Å². The fourth-order valence-electron chi connectivity index (χ4n) is 2.32. The SMILES string of the molecule is CCCN(CC(=O)OC)CC1(C)CCNC1. The zero-order valence-electron chi connectivity index (χ0n) is 10.7. The molecule has 0 radical (unpaired) electrons. The number of ether oxygens (including phenoxy) is 1. The number of methoxy groups -OCH3 is 1. The Kier molecular flexibility index (Phi) is 5.22. The maximum absolute atomic E-state index is 11.3. The Morgan fingerprint density at radius 3 is 2.81 bits per heavy atom. The Labute approximate surface area is 98.3 Å². The van der Waals surface area contributed by atoms with Crippen LogP contribution in [0, 0.1) is 5.41 Å². The van der Waals surface area contributed by atoms with Crippen molar-refractivity contribution in [3.63, 3.8) is 0 Å². The van der Waals surface area contributed by atoms with E-state index in [9.17, 15) is 4.79 Å². The first kappa shape index (κ1) is 13.5. The molecule has 1 saturated heterocycles. The largest absolute Gasteiger partial charge is 0.468 e. The number of hydrogen-bond acceptors (Lipinski definition) is 4. The molecule has 1 N–H and O–H groups in total. The van der Waals surface area contributed by atoms with Gasteiger partial charge < -0.3 is 10.1 Å². The van der Waals surface area contributed by atoms with Crippen molar-refractivity contribution in [1.29, 1.82) is 0 Å². The van der Waals surface area contributed by atoms with Gasteiger partial charge in [0, 0.05) is 13.1 Å². The van der Waals surface area contributed by atoms with Crippen molar-refractivity contribution in [2.24, 2.45) is 5.41 Å². The highest BCUT2D eigenvalue weighted by atomic mass is 16.5. The first-order valence-corrected chi connectivity index (χ1v) is 6.09. The van der Waals surface area contributed by atoms with Gasteiger partial charge in [0.05, 0.1) is 13.7 Å². The van der Waals surface area contributed by atoms with Crippen LogP contribution in [0.3, 0.4) is 0 Å². The summed E-state index contributed by atoms with van der Waals surface area (Å²) >= 11 is 0. The van der Waals surface area contributed by atoms with Crippen LogP contribution in [-0.2, 0) is 9.53 Å². The molecule has 16 heavy (non-hydrogen) atoms.